The Morgan fingerprint density at radius 2 is 1.52 bits per heavy atom. The number of nitrogens with zero attached hydrogens (tertiary/aromatic N) is 3. The van der Waals surface area contributed by atoms with Crippen LogP contribution in [0, 0.1) is 10.1 Å². The molecule has 2 aromatic rings. The third-order valence-corrected chi connectivity index (χ3v) is 3.56. The molecule has 0 aliphatic heterocycles. The Balaban J connectivity index is 2.23. The Hall–Kier alpha value is -2.45. The van der Waals surface area contributed by atoms with Crippen molar-refractivity contribution in [2.24, 2.45) is 10.2 Å². The zero-order valence-electron chi connectivity index (χ0n) is 12.2. The Labute approximate surface area is 149 Å². The summed E-state index contributed by atoms with van der Waals surface area (Å²) in [6, 6.07) is 9.40. The second-order valence-electron chi connectivity index (χ2n) is 4.66. The van der Waals surface area contributed by atoms with Crippen LogP contribution in [0.2, 0.25) is 0 Å². The summed E-state index contributed by atoms with van der Waals surface area (Å²) in [4.78, 5) is 10.1. The van der Waals surface area contributed by atoms with Gasteiger partial charge in [-0.05, 0) is 12.1 Å². The van der Waals surface area contributed by atoms with Gasteiger partial charge < -0.3 is 0 Å². The number of nitro benzene ring substituents is 1. The minimum Gasteiger partial charge on any atom is -0.258 e. The molecule has 0 unspecified atom stereocenters. The molecule has 0 N–H and O–H groups in total. The summed E-state index contributed by atoms with van der Waals surface area (Å²) in [6.45, 7) is 0. The van der Waals surface area contributed by atoms with E-state index in [9.17, 15) is 23.3 Å². The molecular weight excluding hydrogens is 382 g/mol. The summed E-state index contributed by atoms with van der Waals surface area (Å²) >= 11 is 11.8. The first-order chi connectivity index (χ1) is 11.7. The van der Waals surface area contributed by atoms with Crippen LogP contribution in [0.3, 0.4) is 0 Å². The molecule has 25 heavy (non-hydrogen) atoms. The van der Waals surface area contributed by atoms with E-state index in [2.05, 4.69) is 10.2 Å². The van der Waals surface area contributed by atoms with Crippen LogP contribution in [0.1, 0.15) is 16.7 Å². The molecule has 2 aromatic carbocycles. The number of rotatable bonds is 4. The number of nitro groups is 1. The molecule has 0 aliphatic carbocycles. The molecule has 0 aromatic heterocycles. The van der Waals surface area contributed by atoms with E-state index >= 15 is 0 Å². The van der Waals surface area contributed by atoms with Crippen LogP contribution in [0.5, 0.6) is 0 Å². The smallest absolute Gasteiger partial charge is 0.258 e. The molecule has 0 fully saturated rings. The van der Waals surface area contributed by atoms with Gasteiger partial charge in [-0.1, -0.05) is 47.5 Å². The first-order valence-corrected chi connectivity index (χ1v) is 7.33. The van der Waals surface area contributed by atoms with Crippen molar-refractivity contribution in [3.63, 3.8) is 0 Å². The van der Waals surface area contributed by atoms with E-state index in [0.717, 1.165) is 24.3 Å². The monoisotopic (exact) mass is 389 g/mol. The summed E-state index contributed by atoms with van der Waals surface area (Å²) < 4.78 is 37.5. The van der Waals surface area contributed by atoms with Gasteiger partial charge in [-0.15, -0.1) is 10.2 Å². The molecule has 10 heteroatoms. The molecule has 0 bridgehead atoms. The second kappa shape index (κ2) is 7.62. The van der Waals surface area contributed by atoms with Gasteiger partial charge in [0.05, 0.1) is 10.5 Å². The van der Waals surface area contributed by atoms with Gasteiger partial charge in [0.15, 0.2) is 10.3 Å². The van der Waals surface area contributed by atoms with E-state index in [4.69, 9.17) is 23.2 Å². The van der Waals surface area contributed by atoms with Crippen LogP contribution in [0.15, 0.2) is 58.7 Å². The molecule has 0 saturated carbocycles. The first kappa shape index (κ1) is 18.9. The second-order valence-corrected chi connectivity index (χ2v) is 5.38. The van der Waals surface area contributed by atoms with Crippen LogP contribution in [-0.2, 0) is 6.18 Å². The third-order valence-electron chi connectivity index (χ3n) is 2.97. The minimum atomic E-state index is -4.45. The van der Waals surface area contributed by atoms with Crippen molar-refractivity contribution in [2.75, 3.05) is 0 Å². The number of halogens is 5. The molecular formula is C15H8Cl2F3N3O2. The SMILES string of the molecule is O=[N+]([O-])c1cccc(/C(Cl)=N/N=C(\Cl)c2ccc(C(F)(F)F)cc2)c1. The van der Waals surface area contributed by atoms with E-state index in [1.54, 1.807) is 0 Å². The van der Waals surface area contributed by atoms with Crippen molar-refractivity contribution in [2.45, 2.75) is 6.18 Å². The number of hydrogen-bond donors (Lipinski definition) is 0. The molecule has 0 radical (unpaired) electrons. The normalized spacial score (nSPS) is 13.0. The Bertz CT molecular complexity index is 850. The standard InChI is InChI=1S/C15H8Cl2F3N3O2/c16-13(9-4-6-11(7-5-9)15(18,19)20)21-22-14(17)10-2-1-3-12(8-10)23(24)25/h1-8H/b21-13-,22-14-. The van der Waals surface area contributed by atoms with Crippen molar-refractivity contribution in [3.05, 3.63) is 75.3 Å². The van der Waals surface area contributed by atoms with Gasteiger partial charge in [0.1, 0.15) is 0 Å². The van der Waals surface area contributed by atoms with Gasteiger partial charge in [-0.25, -0.2) is 0 Å². The van der Waals surface area contributed by atoms with Crippen LogP contribution >= 0.6 is 23.2 Å². The largest absolute Gasteiger partial charge is 0.416 e. The zero-order valence-corrected chi connectivity index (χ0v) is 13.7. The number of alkyl halides is 3. The number of benzene rings is 2. The lowest BCUT2D eigenvalue weighted by Gasteiger charge is -2.06. The van der Waals surface area contributed by atoms with Crippen LogP contribution in [0.4, 0.5) is 18.9 Å². The fraction of sp³-hybridized carbons (Fsp3) is 0.0667. The fourth-order valence-electron chi connectivity index (χ4n) is 1.75. The van der Waals surface area contributed by atoms with Gasteiger partial charge in [-0.2, -0.15) is 13.2 Å². The molecule has 0 aliphatic rings. The van der Waals surface area contributed by atoms with E-state index in [1.807, 2.05) is 0 Å². The lowest BCUT2D eigenvalue weighted by molar-refractivity contribution is -0.384. The van der Waals surface area contributed by atoms with Gasteiger partial charge in [0.2, 0.25) is 0 Å². The van der Waals surface area contributed by atoms with E-state index in [-0.39, 0.29) is 27.2 Å². The predicted octanol–water partition coefficient (Wildman–Crippen LogP) is 5.20. The molecule has 0 saturated heterocycles. The summed E-state index contributed by atoms with van der Waals surface area (Å²) in [5.74, 6) is 0. The van der Waals surface area contributed by atoms with E-state index in [1.165, 1.54) is 24.3 Å². The predicted molar refractivity (Wildman–Crippen MR) is 89.3 cm³/mol. The highest BCUT2D eigenvalue weighted by Crippen LogP contribution is 2.29. The molecule has 0 spiro atoms. The lowest BCUT2D eigenvalue weighted by atomic mass is 10.1. The maximum atomic E-state index is 12.5. The Morgan fingerprint density at radius 1 is 0.960 bits per heavy atom. The topological polar surface area (TPSA) is 67.9 Å². The average Bonchev–Trinajstić information content (AvgIpc) is 2.58. The highest BCUT2D eigenvalue weighted by molar-refractivity contribution is 6.71. The van der Waals surface area contributed by atoms with Gasteiger partial charge in [0, 0.05) is 23.3 Å². The average molecular weight is 390 g/mol. The van der Waals surface area contributed by atoms with Gasteiger partial charge in [0.25, 0.3) is 5.69 Å². The fourth-order valence-corrected chi connectivity index (χ4v) is 2.07. The summed E-state index contributed by atoms with van der Waals surface area (Å²) in [7, 11) is 0. The number of hydrogen-bond acceptors (Lipinski definition) is 4. The maximum absolute atomic E-state index is 12.5. The van der Waals surface area contributed by atoms with E-state index in [0.29, 0.717) is 0 Å². The molecule has 2 rings (SSSR count). The molecule has 0 heterocycles. The van der Waals surface area contributed by atoms with Crippen molar-refractivity contribution >= 4 is 39.2 Å². The lowest BCUT2D eigenvalue weighted by Crippen LogP contribution is -2.05. The van der Waals surface area contributed by atoms with Gasteiger partial charge in [-0.3, -0.25) is 10.1 Å². The van der Waals surface area contributed by atoms with Crippen molar-refractivity contribution in [3.8, 4) is 0 Å². The minimum absolute atomic E-state index is 0.159. The molecule has 0 amide bonds. The highest BCUT2D eigenvalue weighted by Gasteiger charge is 2.30. The molecule has 130 valence electrons. The maximum Gasteiger partial charge on any atom is 0.416 e. The van der Waals surface area contributed by atoms with Crippen LogP contribution in [0.25, 0.3) is 0 Å². The van der Waals surface area contributed by atoms with Crippen LogP contribution < -0.4 is 0 Å². The van der Waals surface area contributed by atoms with Crippen molar-refractivity contribution in [1.29, 1.82) is 0 Å². The third kappa shape index (κ3) is 5.01. The van der Waals surface area contributed by atoms with Crippen molar-refractivity contribution in [1.82, 2.24) is 0 Å². The Morgan fingerprint density at radius 3 is 2.04 bits per heavy atom. The van der Waals surface area contributed by atoms with Crippen LogP contribution in [-0.4, -0.2) is 15.3 Å². The number of non-ortho nitro benzene ring substituents is 1. The Kier molecular flexibility index (Phi) is 5.76. The van der Waals surface area contributed by atoms with E-state index < -0.39 is 16.7 Å². The first-order valence-electron chi connectivity index (χ1n) is 6.57. The van der Waals surface area contributed by atoms with Crippen molar-refractivity contribution < 1.29 is 18.1 Å². The summed E-state index contributed by atoms with van der Waals surface area (Å²) in [5, 5.41) is 17.6. The summed E-state index contributed by atoms with van der Waals surface area (Å²) in [6.07, 6.45) is -4.45. The molecule has 5 nitrogen and oxygen atoms in total. The quantitative estimate of drug-likeness (QED) is 0.409. The molecule has 0 atom stereocenters. The zero-order chi connectivity index (χ0) is 18.6. The highest BCUT2D eigenvalue weighted by atomic mass is 35.5. The van der Waals surface area contributed by atoms with Gasteiger partial charge >= 0.3 is 6.18 Å². The summed E-state index contributed by atoms with van der Waals surface area (Å²) in [5.41, 5.74) is -0.541.